The Labute approximate surface area is 175 Å². The van der Waals surface area contributed by atoms with Crippen LogP contribution in [0.2, 0.25) is 5.02 Å². The van der Waals surface area contributed by atoms with E-state index in [1.54, 1.807) is 43.5 Å². The predicted octanol–water partition coefficient (Wildman–Crippen LogP) is 4.06. The van der Waals surface area contributed by atoms with Gasteiger partial charge >= 0.3 is 0 Å². The fraction of sp³-hybridized carbons (Fsp3) is 0.333. The third-order valence-corrected chi connectivity index (χ3v) is 4.26. The number of carbonyl (C=O) groups excluding carboxylic acids is 1. The SMILES string of the molecule is CCC(C)Oc1c(Cl)cc(C=NNC(=O)COc2ccc(OC)cc2)cc1OC. The molecule has 2 rings (SSSR count). The highest BCUT2D eigenvalue weighted by Gasteiger charge is 2.14. The number of rotatable bonds is 10. The van der Waals surface area contributed by atoms with Crippen LogP contribution in [0, 0.1) is 0 Å². The van der Waals surface area contributed by atoms with Gasteiger partial charge in [0.2, 0.25) is 0 Å². The first-order valence-electron chi connectivity index (χ1n) is 9.09. The summed E-state index contributed by atoms with van der Waals surface area (Å²) in [5.74, 6) is 1.84. The van der Waals surface area contributed by atoms with E-state index in [4.69, 9.17) is 30.5 Å². The number of hydrazone groups is 1. The standard InChI is InChI=1S/C21H25ClN2O5/c1-5-14(2)29-21-18(22)10-15(11-19(21)27-4)12-23-24-20(25)13-28-17-8-6-16(26-3)7-9-17/h6-12,14H,5,13H2,1-4H3,(H,24,25). The molecule has 0 saturated heterocycles. The zero-order valence-electron chi connectivity index (χ0n) is 16.9. The van der Waals surface area contributed by atoms with Gasteiger partial charge in [0.05, 0.1) is 31.6 Å². The smallest absolute Gasteiger partial charge is 0.277 e. The highest BCUT2D eigenvalue weighted by atomic mass is 35.5. The van der Waals surface area contributed by atoms with Crippen molar-refractivity contribution in [2.24, 2.45) is 5.10 Å². The zero-order chi connectivity index (χ0) is 21.2. The molecule has 0 aliphatic carbocycles. The third-order valence-electron chi connectivity index (χ3n) is 3.98. The van der Waals surface area contributed by atoms with Gasteiger partial charge in [-0.15, -0.1) is 0 Å². The Morgan fingerprint density at radius 1 is 1.17 bits per heavy atom. The molecule has 0 radical (unpaired) electrons. The number of benzene rings is 2. The molecular formula is C21H25ClN2O5. The van der Waals surface area contributed by atoms with Gasteiger partial charge in [0.25, 0.3) is 5.91 Å². The van der Waals surface area contributed by atoms with Gasteiger partial charge in [-0.25, -0.2) is 5.43 Å². The maximum absolute atomic E-state index is 11.9. The number of amides is 1. The van der Waals surface area contributed by atoms with Gasteiger partial charge in [0.1, 0.15) is 11.5 Å². The van der Waals surface area contributed by atoms with Crippen LogP contribution >= 0.6 is 11.6 Å². The number of methoxy groups -OCH3 is 2. The lowest BCUT2D eigenvalue weighted by atomic mass is 10.2. The Kier molecular flexibility index (Phi) is 8.61. The van der Waals surface area contributed by atoms with Gasteiger partial charge in [-0.3, -0.25) is 4.79 Å². The number of nitrogens with one attached hydrogen (secondary N) is 1. The summed E-state index contributed by atoms with van der Waals surface area (Å²) in [5, 5.41) is 4.33. The molecule has 0 spiro atoms. The molecule has 8 heteroatoms. The molecule has 1 N–H and O–H groups in total. The maximum Gasteiger partial charge on any atom is 0.277 e. The van der Waals surface area contributed by atoms with Crippen molar-refractivity contribution in [3.8, 4) is 23.0 Å². The molecule has 2 aromatic carbocycles. The van der Waals surface area contributed by atoms with Crippen LogP contribution < -0.4 is 24.4 Å². The minimum absolute atomic E-state index is 0.00547. The Balaban J connectivity index is 1.93. The van der Waals surface area contributed by atoms with Crippen LogP contribution in [0.1, 0.15) is 25.8 Å². The van der Waals surface area contributed by atoms with Crippen molar-refractivity contribution in [3.05, 3.63) is 47.0 Å². The summed E-state index contributed by atoms with van der Waals surface area (Å²) >= 11 is 6.31. The van der Waals surface area contributed by atoms with Crippen molar-refractivity contribution in [3.63, 3.8) is 0 Å². The van der Waals surface area contributed by atoms with Gasteiger partial charge in [-0.2, -0.15) is 5.10 Å². The van der Waals surface area contributed by atoms with Crippen molar-refractivity contribution in [2.75, 3.05) is 20.8 Å². The average molecular weight is 421 g/mol. The van der Waals surface area contributed by atoms with Crippen molar-refractivity contribution >= 4 is 23.7 Å². The number of carbonyl (C=O) groups is 1. The van der Waals surface area contributed by atoms with Crippen LogP contribution in [-0.2, 0) is 4.79 Å². The highest BCUT2D eigenvalue weighted by Crippen LogP contribution is 2.37. The van der Waals surface area contributed by atoms with E-state index < -0.39 is 5.91 Å². The van der Waals surface area contributed by atoms with E-state index >= 15 is 0 Å². The summed E-state index contributed by atoms with van der Waals surface area (Å²) in [4.78, 5) is 11.9. The quantitative estimate of drug-likeness (QED) is 0.463. The van der Waals surface area contributed by atoms with Crippen molar-refractivity contribution in [1.29, 1.82) is 0 Å². The highest BCUT2D eigenvalue weighted by molar-refractivity contribution is 6.32. The van der Waals surface area contributed by atoms with Crippen LogP contribution in [0.4, 0.5) is 0 Å². The van der Waals surface area contributed by atoms with Crippen molar-refractivity contribution in [1.82, 2.24) is 5.43 Å². The van der Waals surface area contributed by atoms with E-state index in [1.807, 2.05) is 13.8 Å². The van der Waals surface area contributed by atoms with Crippen LogP contribution in [0.15, 0.2) is 41.5 Å². The summed E-state index contributed by atoms with van der Waals surface area (Å²) in [6, 6.07) is 10.3. The normalized spacial score (nSPS) is 11.8. The van der Waals surface area contributed by atoms with Gasteiger partial charge < -0.3 is 18.9 Å². The van der Waals surface area contributed by atoms with E-state index in [-0.39, 0.29) is 12.7 Å². The molecule has 1 amide bonds. The summed E-state index contributed by atoms with van der Waals surface area (Å²) < 4.78 is 21.6. The Hall–Kier alpha value is -2.93. The molecule has 156 valence electrons. The van der Waals surface area contributed by atoms with E-state index in [0.29, 0.717) is 33.6 Å². The molecule has 1 atom stereocenters. The second-order valence-corrected chi connectivity index (χ2v) is 6.54. The van der Waals surface area contributed by atoms with Crippen molar-refractivity contribution < 1.29 is 23.7 Å². The molecule has 0 aliphatic heterocycles. The average Bonchev–Trinajstić information content (AvgIpc) is 2.74. The number of ether oxygens (including phenoxy) is 4. The molecule has 0 aliphatic rings. The Bertz CT molecular complexity index is 840. The van der Waals surface area contributed by atoms with Crippen LogP contribution in [0.25, 0.3) is 0 Å². The number of hydrogen-bond donors (Lipinski definition) is 1. The molecule has 0 heterocycles. The fourth-order valence-electron chi connectivity index (χ4n) is 2.25. The maximum atomic E-state index is 11.9. The van der Waals surface area contributed by atoms with Gasteiger partial charge in [-0.1, -0.05) is 18.5 Å². The monoisotopic (exact) mass is 420 g/mol. The van der Waals surface area contributed by atoms with E-state index in [9.17, 15) is 4.79 Å². The molecule has 0 aromatic heterocycles. The first-order chi connectivity index (χ1) is 14.0. The Morgan fingerprint density at radius 2 is 1.86 bits per heavy atom. The van der Waals surface area contributed by atoms with Gasteiger partial charge in [0.15, 0.2) is 18.1 Å². The summed E-state index contributed by atoms with van der Waals surface area (Å²) in [5.41, 5.74) is 3.06. The third kappa shape index (κ3) is 6.87. The minimum Gasteiger partial charge on any atom is -0.497 e. The summed E-state index contributed by atoms with van der Waals surface area (Å²) in [6.45, 7) is 3.80. The van der Waals surface area contributed by atoms with Crippen LogP contribution in [-0.4, -0.2) is 39.1 Å². The minimum atomic E-state index is -0.396. The fourth-order valence-corrected chi connectivity index (χ4v) is 2.51. The van der Waals surface area contributed by atoms with Gasteiger partial charge in [0, 0.05) is 0 Å². The number of nitrogens with zero attached hydrogens (tertiary/aromatic N) is 1. The predicted molar refractivity (Wildman–Crippen MR) is 113 cm³/mol. The molecule has 1 unspecified atom stereocenters. The molecular weight excluding hydrogens is 396 g/mol. The summed E-state index contributed by atoms with van der Waals surface area (Å²) in [7, 11) is 3.12. The van der Waals surface area contributed by atoms with E-state index in [0.717, 1.165) is 6.42 Å². The topological polar surface area (TPSA) is 78.4 Å². The van der Waals surface area contributed by atoms with E-state index in [2.05, 4.69) is 10.5 Å². The largest absolute Gasteiger partial charge is 0.497 e. The van der Waals surface area contributed by atoms with Crippen LogP contribution in [0.3, 0.4) is 0 Å². The van der Waals surface area contributed by atoms with Crippen LogP contribution in [0.5, 0.6) is 23.0 Å². The molecule has 0 saturated carbocycles. The lowest BCUT2D eigenvalue weighted by molar-refractivity contribution is -0.123. The summed E-state index contributed by atoms with van der Waals surface area (Å²) in [6.07, 6.45) is 2.31. The lowest BCUT2D eigenvalue weighted by Crippen LogP contribution is -2.24. The number of halogens is 1. The molecule has 0 fully saturated rings. The first-order valence-corrected chi connectivity index (χ1v) is 9.47. The Morgan fingerprint density at radius 3 is 2.48 bits per heavy atom. The lowest BCUT2D eigenvalue weighted by Gasteiger charge is -2.17. The number of hydrogen-bond acceptors (Lipinski definition) is 6. The second kappa shape index (κ2) is 11.2. The first kappa shape index (κ1) is 22.4. The molecule has 7 nitrogen and oxygen atoms in total. The second-order valence-electron chi connectivity index (χ2n) is 6.13. The van der Waals surface area contributed by atoms with Crippen molar-refractivity contribution in [2.45, 2.75) is 26.4 Å². The zero-order valence-corrected chi connectivity index (χ0v) is 17.7. The van der Waals surface area contributed by atoms with Gasteiger partial charge in [-0.05, 0) is 55.3 Å². The van der Waals surface area contributed by atoms with E-state index in [1.165, 1.54) is 13.3 Å². The molecule has 0 bridgehead atoms. The molecule has 2 aromatic rings. The molecule has 29 heavy (non-hydrogen) atoms.